The van der Waals surface area contributed by atoms with Crippen LogP contribution in [0.25, 0.3) is 5.82 Å². The number of nitrogens with zero attached hydrogens (tertiary/aromatic N) is 4. The molecule has 2 N–H and O–H groups in total. The van der Waals surface area contributed by atoms with E-state index in [1.807, 2.05) is 26.0 Å². The van der Waals surface area contributed by atoms with Crippen molar-refractivity contribution in [1.82, 2.24) is 19.7 Å². The third kappa shape index (κ3) is 2.02. The molecule has 2 aromatic heterocycles. The van der Waals surface area contributed by atoms with E-state index in [-0.39, 0.29) is 6.04 Å². The van der Waals surface area contributed by atoms with E-state index >= 15 is 0 Å². The van der Waals surface area contributed by atoms with Crippen molar-refractivity contribution in [2.24, 2.45) is 5.73 Å². The molecule has 2 aromatic rings. The fourth-order valence-electron chi connectivity index (χ4n) is 1.26. The maximum atomic E-state index is 5.73. The molecule has 0 unspecified atom stereocenters. The predicted octanol–water partition coefficient (Wildman–Crippen LogP) is 0.990. The number of aryl methyl sites for hydroxylation is 1. The molecule has 78 valence electrons. The van der Waals surface area contributed by atoms with Gasteiger partial charge in [-0.1, -0.05) is 6.07 Å². The molecular weight excluding hydrogens is 190 g/mol. The van der Waals surface area contributed by atoms with Crippen molar-refractivity contribution in [1.29, 1.82) is 0 Å². The molecular formula is C10H13N5. The summed E-state index contributed by atoms with van der Waals surface area (Å²) in [5, 5.41) is 4.17. The fraction of sp³-hybridized carbons (Fsp3) is 0.300. The summed E-state index contributed by atoms with van der Waals surface area (Å²) in [6.07, 6.45) is 3.40. The highest BCUT2D eigenvalue weighted by Crippen LogP contribution is 2.09. The first-order valence-corrected chi connectivity index (χ1v) is 4.77. The minimum absolute atomic E-state index is 0.00373. The second-order valence-electron chi connectivity index (χ2n) is 3.47. The third-order valence-electron chi connectivity index (χ3n) is 2.14. The standard InChI is InChI=1S/C10H13N5/c1-7(11)9-3-4-10(12-5-9)15-6-13-8(2)14-15/h3-7H,11H2,1-2H3/t7-/m0/s1. The van der Waals surface area contributed by atoms with Gasteiger partial charge in [0.15, 0.2) is 5.82 Å². The first-order valence-electron chi connectivity index (χ1n) is 4.77. The quantitative estimate of drug-likeness (QED) is 0.790. The number of pyridine rings is 1. The van der Waals surface area contributed by atoms with Gasteiger partial charge in [-0.05, 0) is 25.5 Å². The van der Waals surface area contributed by atoms with E-state index in [9.17, 15) is 0 Å². The molecule has 0 aromatic carbocycles. The molecule has 0 spiro atoms. The second kappa shape index (κ2) is 3.78. The zero-order chi connectivity index (χ0) is 10.8. The molecule has 0 bridgehead atoms. The zero-order valence-electron chi connectivity index (χ0n) is 8.75. The highest BCUT2D eigenvalue weighted by atomic mass is 15.4. The van der Waals surface area contributed by atoms with Crippen LogP contribution in [-0.4, -0.2) is 19.7 Å². The number of nitrogens with two attached hydrogens (primary N) is 1. The van der Waals surface area contributed by atoms with Gasteiger partial charge in [-0.3, -0.25) is 0 Å². The lowest BCUT2D eigenvalue weighted by atomic mass is 10.2. The summed E-state index contributed by atoms with van der Waals surface area (Å²) in [5.74, 6) is 1.48. The van der Waals surface area contributed by atoms with Crippen LogP contribution in [0.15, 0.2) is 24.7 Å². The lowest BCUT2D eigenvalue weighted by Crippen LogP contribution is -2.06. The van der Waals surface area contributed by atoms with Gasteiger partial charge in [0.25, 0.3) is 0 Å². The monoisotopic (exact) mass is 203 g/mol. The average Bonchev–Trinajstić information content (AvgIpc) is 2.65. The second-order valence-corrected chi connectivity index (χ2v) is 3.47. The van der Waals surface area contributed by atoms with E-state index in [2.05, 4.69) is 15.1 Å². The molecule has 0 radical (unpaired) electrons. The Morgan fingerprint density at radius 1 is 1.33 bits per heavy atom. The Bertz CT molecular complexity index is 443. The molecule has 2 rings (SSSR count). The van der Waals surface area contributed by atoms with Crippen LogP contribution < -0.4 is 5.73 Å². The number of hydrogen-bond donors (Lipinski definition) is 1. The van der Waals surface area contributed by atoms with Crippen molar-refractivity contribution >= 4 is 0 Å². The molecule has 15 heavy (non-hydrogen) atoms. The van der Waals surface area contributed by atoms with Crippen LogP contribution in [0.5, 0.6) is 0 Å². The van der Waals surface area contributed by atoms with Crippen LogP contribution in [0.3, 0.4) is 0 Å². The zero-order valence-corrected chi connectivity index (χ0v) is 8.75. The SMILES string of the molecule is Cc1ncn(-c2ccc([C@H](C)N)cn2)n1. The summed E-state index contributed by atoms with van der Waals surface area (Å²) in [4.78, 5) is 8.30. The van der Waals surface area contributed by atoms with Crippen molar-refractivity contribution in [2.45, 2.75) is 19.9 Å². The van der Waals surface area contributed by atoms with Crippen molar-refractivity contribution in [3.63, 3.8) is 0 Å². The molecule has 0 aliphatic carbocycles. The van der Waals surface area contributed by atoms with Crippen molar-refractivity contribution in [2.75, 3.05) is 0 Å². The average molecular weight is 203 g/mol. The first kappa shape index (κ1) is 9.79. The van der Waals surface area contributed by atoms with Gasteiger partial charge in [0.1, 0.15) is 12.2 Å². The number of rotatable bonds is 2. The molecule has 2 heterocycles. The van der Waals surface area contributed by atoms with Gasteiger partial charge in [0, 0.05) is 12.2 Å². The van der Waals surface area contributed by atoms with E-state index < -0.39 is 0 Å². The van der Waals surface area contributed by atoms with Gasteiger partial charge in [-0.15, -0.1) is 0 Å². The van der Waals surface area contributed by atoms with Gasteiger partial charge in [-0.2, -0.15) is 5.10 Å². The Balaban J connectivity index is 2.31. The Labute approximate surface area is 88.0 Å². The molecule has 0 saturated heterocycles. The molecule has 5 heteroatoms. The van der Waals surface area contributed by atoms with E-state index in [1.165, 1.54) is 0 Å². The molecule has 5 nitrogen and oxygen atoms in total. The van der Waals surface area contributed by atoms with Crippen LogP contribution in [0, 0.1) is 6.92 Å². The minimum atomic E-state index is 0.00373. The molecule has 0 amide bonds. The van der Waals surface area contributed by atoms with Crippen LogP contribution >= 0.6 is 0 Å². The lowest BCUT2D eigenvalue weighted by molar-refractivity contribution is 0.793. The van der Waals surface area contributed by atoms with Gasteiger partial charge in [-0.25, -0.2) is 14.6 Å². The predicted molar refractivity (Wildman–Crippen MR) is 56.5 cm³/mol. The molecule has 0 aliphatic rings. The summed E-state index contributed by atoms with van der Waals surface area (Å²) < 4.78 is 1.64. The van der Waals surface area contributed by atoms with Crippen molar-refractivity contribution < 1.29 is 0 Å². The minimum Gasteiger partial charge on any atom is -0.324 e. The fourth-order valence-corrected chi connectivity index (χ4v) is 1.26. The third-order valence-corrected chi connectivity index (χ3v) is 2.14. The topological polar surface area (TPSA) is 69.6 Å². The van der Waals surface area contributed by atoms with Gasteiger partial charge in [0.05, 0.1) is 0 Å². The first-order chi connectivity index (χ1) is 7.16. The molecule has 0 saturated carbocycles. The van der Waals surface area contributed by atoms with E-state index in [1.54, 1.807) is 17.2 Å². The Morgan fingerprint density at radius 2 is 2.13 bits per heavy atom. The van der Waals surface area contributed by atoms with Crippen LogP contribution in [0.1, 0.15) is 24.4 Å². The van der Waals surface area contributed by atoms with E-state index in [0.29, 0.717) is 0 Å². The van der Waals surface area contributed by atoms with Gasteiger partial charge >= 0.3 is 0 Å². The highest BCUT2D eigenvalue weighted by molar-refractivity contribution is 5.25. The summed E-state index contributed by atoms with van der Waals surface area (Å²) in [7, 11) is 0. The Kier molecular flexibility index (Phi) is 2.47. The normalized spacial score (nSPS) is 12.7. The van der Waals surface area contributed by atoms with Gasteiger partial charge in [0.2, 0.25) is 0 Å². The van der Waals surface area contributed by atoms with E-state index in [0.717, 1.165) is 17.2 Å². The summed E-state index contributed by atoms with van der Waals surface area (Å²) in [6, 6.07) is 3.83. The van der Waals surface area contributed by atoms with Crippen molar-refractivity contribution in [3.8, 4) is 5.82 Å². The van der Waals surface area contributed by atoms with Gasteiger partial charge < -0.3 is 5.73 Å². The lowest BCUT2D eigenvalue weighted by Gasteiger charge is -2.05. The summed E-state index contributed by atoms with van der Waals surface area (Å²) in [5.41, 5.74) is 6.74. The summed E-state index contributed by atoms with van der Waals surface area (Å²) >= 11 is 0. The van der Waals surface area contributed by atoms with Crippen molar-refractivity contribution in [3.05, 3.63) is 36.0 Å². The molecule has 1 atom stereocenters. The Hall–Kier alpha value is -1.75. The molecule has 0 fully saturated rings. The maximum absolute atomic E-state index is 5.73. The van der Waals surface area contributed by atoms with E-state index in [4.69, 9.17) is 5.73 Å². The van der Waals surface area contributed by atoms with Crippen LogP contribution in [-0.2, 0) is 0 Å². The largest absolute Gasteiger partial charge is 0.324 e. The number of hydrogen-bond acceptors (Lipinski definition) is 4. The van der Waals surface area contributed by atoms with Crippen LogP contribution in [0.4, 0.5) is 0 Å². The Morgan fingerprint density at radius 3 is 2.60 bits per heavy atom. The highest BCUT2D eigenvalue weighted by Gasteiger charge is 2.02. The number of aromatic nitrogens is 4. The molecule has 0 aliphatic heterocycles. The van der Waals surface area contributed by atoms with Crippen LogP contribution in [0.2, 0.25) is 0 Å². The summed E-state index contributed by atoms with van der Waals surface area (Å²) in [6.45, 7) is 3.77. The maximum Gasteiger partial charge on any atom is 0.155 e. The smallest absolute Gasteiger partial charge is 0.155 e.